The number of rotatable bonds is 6. The molecule has 4 nitrogen and oxygen atoms in total. The van der Waals surface area contributed by atoms with E-state index in [4.69, 9.17) is 4.55 Å². The monoisotopic (exact) mass is 207 g/mol. The van der Waals surface area contributed by atoms with Gasteiger partial charge in [-0.1, -0.05) is 11.6 Å². The Labute approximate surface area is 79.8 Å². The molecule has 0 spiro atoms. The van der Waals surface area contributed by atoms with Crippen LogP contribution in [0.5, 0.6) is 0 Å². The zero-order valence-corrected chi connectivity index (χ0v) is 8.89. The van der Waals surface area contributed by atoms with E-state index in [2.05, 4.69) is 5.32 Å². The van der Waals surface area contributed by atoms with Gasteiger partial charge in [-0.05, 0) is 26.8 Å². The van der Waals surface area contributed by atoms with Gasteiger partial charge in [-0.15, -0.1) is 0 Å². The van der Waals surface area contributed by atoms with Crippen molar-refractivity contribution in [3.8, 4) is 0 Å². The molecule has 0 rings (SSSR count). The Bertz CT molecular complexity index is 253. The third-order valence-corrected chi connectivity index (χ3v) is 2.22. The SMILES string of the molecule is CC(C)=CCNCCCS(=O)(=O)O. The minimum absolute atomic E-state index is 0.172. The van der Waals surface area contributed by atoms with Crippen LogP contribution in [0.4, 0.5) is 0 Å². The van der Waals surface area contributed by atoms with E-state index in [1.165, 1.54) is 5.57 Å². The normalized spacial score (nSPS) is 11.3. The Morgan fingerprint density at radius 2 is 2.08 bits per heavy atom. The lowest BCUT2D eigenvalue weighted by molar-refractivity contribution is 0.480. The quantitative estimate of drug-likeness (QED) is 0.384. The Morgan fingerprint density at radius 3 is 2.54 bits per heavy atom. The number of hydrogen-bond donors (Lipinski definition) is 2. The van der Waals surface area contributed by atoms with Crippen LogP contribution < -0.4 is 5.32 Å². The molecule has 0 radical (unpaired) electrons. The van der Waals surface area contributed by atoms with Crippen molar-refractivity contribution in [2.75, 3.05) is 18.8 Å². The lowest BCUT2D eigenvalue weighted by Crippen LogP contribution is -2.18. The van der Waals surface area contributed by atoms with E-state index < -0.39 is 10.1 Å². The lowest BCUT2D eigenvalue weighted by atomic mass is 10.3. The molecule has 0 heterocycles. The molecule has 0 atom stereocenters. The van der Waals surface area contributed by atoms with Gasteiger partial charge < -0.3 is 5.32 Å². The fraction of sp³-hybridized carbons (Fsp3) is 0.750. The fourth-order valence-corrected chi connectivity index (χ4v) is 1.27. The molecule has 0 amide bonds. The largest absolute Gasteiger partial charge is 0.313 e. The van der Waals surface area contributed by atoms with Crippen molar-refractivity contribution >= 4 is 10.1 Å². The predicted molar refractivity (Wildman–Crippen MR) is 53.3 cm³/mol. The summed E-state index contributed by atoms with van der Waals surface area (Å²) in [6.07, 6.45) is 2.46. The van der Waals surface area contributed by atoms with Crippen LogP contribution in [0.15, 0.2) is 11.6 Å². The summed E-state index contributed by atoms with van der Waals surface area (Å²) in [7, 11) is -3.78. The molecule has 0 aromatic heterocycles. The van der Waals surface area contributed by atoms with E-state index in [0.29, 0.717) is 13.0 Å². The van der Waals surface area contributed by atoms with Crippen LogP contribution in [0.3, 0.4) is 0 Å². The summed E-state index contributed by atoms with van der Waals surface area (Å²) < 4.78 is 29.0. The van der Waals surface area contributed by atoms with Gasteiger partial charge in [-0.3, -0.25) is 4.55 Å². The van der Waals surface area contributed by atoms with Gasteiger partial charge in [0.15, 0.2) is 0 Å². The van der Waals surface area contributed by atoms with Crippen LogP contribution in [0.1, 0.15) is 20.3 Å². The van der Waals surface area contributed by atoms with Crippen molar-refractivity contribution in [1.29, 1.82) is 0 Å². The van der Waals surface area contributed by atoms with Gasteiger partial charge in [0.05, 0.1) is 5.75 Å². The summed E-state index contributed by atoms with van der Waals surface area (Å²) in [5.74, 6) is -0.172. The second kappa shape index (κ2) is 6.12. The van der Waals surface area contributed by atoms with Gasteiger partial charge >= 0.3 is 0 Å². The van der Waals surface area contributed by atoms with Crippen LogP contribution in [0, 0.1) is 0 Å². The van der Waals surface area contributed by atoms with E-state index in [0.717, 1.165) is 6.54 Å². The Balaban J connectivity index is 3.33. The molecule has 0 fully saturated rings. The van der Waals surface area contributed by atoms with Crippen LogP contribution in [-0.2, 0) is 10.1 Å². The lowest BCUT2D eigenvalue weighted by Gasteiger charge is -2.00. The summed E-state index contributed by atoms with van der Waals surface area (Å²) in [6, 6.07) is 0. The maximum Gasteiger partial charge on any atom is 0.264 e. The molecule has 5 heteroatoms. The first-order valence-electron chi connectivity index (χ1n) is 4.21. The first-order valence-corrected chi connectivity index (χ1v) is 5.82. The second-order valence-electron chi connectivity index (χ2n) is 3.13. The highest BCUT2D eigenvalue weighted by Gasteiger charge is 2.01. The molecular formula is C8H17NO3S. The van der Waals surface area contributed by atoms with Crippen LogP contribution >= 0.6 is 0 Å². The topological polar surface area (TPSA) is 66.4 Å². The van der Waals surface area contributed by atoms with Gasteiger partial charge in [0, 0.05) is 6.54 Å². The summed E-state index contributed by atoms with van der Waals surface area (Å²) in [4.78, 5) is 0. The molecule has 0 unspecified atom stereocenters. The highest BCUT2D eigenvalue weighted by Crippen LogP contribution is 1.88. The smallest absolute Gasteiger partial charge is 0.264 e. The Kier molecular flexibility index (Phi) is 5.94. The maximum absolute atomic E-state index is 10.3. The van der Waals surface area contributed by atoms with Gasteiger partial charge in [0.25, 0.3) is 10.1 Å². The van der Waals surface area contributed by atoms with Crippen molar-refractivity contribution in [2.24, 2.45) is 0 Å². The molecule has 78 valence electrons. The minimum atomic E-state index is -3.78. The highest BCUT2D eigenvalue weighted by atomic mass is 32.2. The number of nitrogens with one attached hydrogen (secondary N) is 1. The van der Waals surface area contributed by atoms with Crippen molar-refractivity contribution in [1.82, 2.24) is 5.32 Å². The molecule has 0 aromatic carbocycles. The second-order valence-corrected chi connectivity index (χ2v) is 4.70. The number of hydrogen-bond acceptors (Lipinski definition) is 3. The van der Waals surface area contributed by atoms with Crippen LogP contribution in [0.2, 0.25) is 0 Å². The molecule has 0 saturated carbocycles. The van der Waals surface area contributed by atoms with Crippen molar-refractivity contribution in [2.45, 2.75) is 20.3 Å². The van der Waals surface area contributed by atoms with Crippen molar-refractivity contribution in [3.63, 3.8) is 0 Å². The third-order valence-electron chi connectivity index (χ3n) is 1.41. The first kappa shape index (κ1) is 12.6. The molecule has 13 heavy (non-hydrogen) atoms. The third kappa shape index (κ3) is 11.6. The standard InChI is InChI=1S/C8H17NO3S/c1-8(2)4-6-9-5-3-7-13(10,11)12/h4,9H,3,5-7H2,1-2H3,(H,10,11,12). The molecule has 0 bridgehead atoms. The molecule has 0 aliphatic carbocycles. The zero-order valence-electron chi connectivity index (χ0n) is 8.08. The fourth-order valence-electron chi connectivity index (χ4n) is 0.758. The summed E-state index contributed by atoms with van der Waals surface area (Å²) in [5, 5.41) is 3.04. The number of allylic oxidation sites excluding steroid dienone is 1. The minimum Gasteiger partial charge on any atom is -0.313 e. The Hall–Kier alpha value is -0.390. The summed E-state index contributed by atoms with van der Waals surface area (Å²) in [5.41, 5.74) is 1.22. The first-order chi connectivity index (χ1) is 5.92. The van der Waals surface area contributed by atoms with E-state index in [9.17, 15) is 8.42 Å². The van der Waals surface area contributed by atoms with Crippen molar-refractivity contribution < 1.29 is 13.0 Å². The molecule has 0 aromatic rings. The summed E-state index contributed by atoms with van der Waals surface area (Å²) >= 11 is 0. The van der Waals surface area contributed by atoms with Crippen LogP contribution in [-0.4, -0.2) is 31.8 Å². The maximum atomic E-state index is 10.3. The van der Waals surface area contributed by atoms with Gasteiger partial charge in [-0.2, -0.15) is 8.42 Å². The van der Waals surface area contributed by atoms with E-state index in [-0.39, 0.29) is 5.75 Å². The van der Waals surface area contributed by atoms with E-state index in [1.807, 2.05) is 19.9 Å². The summed E-state index contributed by atoms with van der Waals surface area (Å²) in [6.45, 7) is 5.34. The van der Waals surface area contributed by atoms with Gasteiger partial charge in [0.1, 0.15) is 0 Å². The average molecular weight is 207 g/mol. The van der Waals surface area contributed by atoms with Gasteiger partial charge in [-0.25, -0.2) is 0 Å². The predicted octanol–water partition coefficient (Wildman–Crippen LogP) is 0.820. The zero-order chi connectivity index (χ0) is 10.3. The van der Waals surface area contributed by atoms with Gasteiger partial charge in [0.2, 0.25) is 0 Å². The van der Waals surface area contributed by atoms with Crippen molar-refractivity contribution in [3.05, 3.63) is 11.6 Å². The highest BCUT2D eigenvalue weighted by molar-refractivity contribution is 7.85. The molecular weight excluding hydrogens is 190 g/mol. The molecule has 0 aliphatic rings. The molecule has 0 saturated heterocycles. The van der Waals surface area contributed by atoms with E-state index >= 15 is 0 Å². The average Bonchev–Trinajstić information content (AvgIpc) is 1.93. The molecule has 0 aliphatic heterocycles. The Morgan fingerprint density at radius 1 is 1.46 bits per heavy atom. The van der Waals surface area contributed by atoms with E-state index in [1.54, 1.807) is 0 Å². The van der Waals surface area contributed by atoms with Crippen LogP contribution in [0.25, 0.3) is 0 Å². The molecule has 2 N–H and O–H groups in total.